The Bertz CT molecular complexity index is 1770. The molecule has 41 heavy (non-hydrogen) atoms. The molecule has 6 aromatic carbocycles. The first kappa shape index (κ1) is 26.8. The maximum absolute atomic E-state index is 3.31. The number of rotatable bonds is 5. The number of hydrogen-bond donors (Lipinski definition) is 1. The van der Waals surface area contributed by atoms with Gasteiger partial charge in [0.1, 0.15) is 0 Å². The van der Waals surface area contributed by atoms with Gasteiger partial charge in [0.15, 0.2) is 0 Å². The second-order valence-electron chi connectivity index (χ2n) is 10.9. The van der Waals surface area contributed by atoms with Crippen molar-refractivity contribution in [2.45, 2.75) is 33.6 Å². The third kappa shape index (κ3) is 5.12. The molecule has 1 N–H and O–H groups in total. The molecule has 0 fully saturated rings. The van der Waals surface area contributed by atoms with Gasteiger partial charge in [0, 0.05) is 24.7 Å². The van der Waals surface area contributed by atoms with E-state index in [0.717, 1.165) is 18.8 Å². The highest BCUT2D eigenvalue weighted by Crippen LogP contribution is 2.50. The van der Waals surface area contributed by atoms with E-state index in [1.54, 1.807) is 0 Å². The predicted octanol–water partition coefficient (Wildman–Crippen LogP) is 10.1. The Morgan fingerprint density at radius 2 is 1.12 bits per heavy atom. The largest absolute Gasteiger partial charge is 0.319 e. The Kier molecular flexibility index (Phi) is 7.59. The summed E-state index contributed by atoms with van der Waals surface area (Å²) in [6, 6.07) is 43.9. The number of aryl methyl sites for hydroxylation is 1. The summed E-state index contributed by atoms with van der Waals surface area (Å²) in [7, 11) is 0. The lowest BCUT2D eigenvalue weighted by molar-refractivity contribution is 0.367. The first-order chi connectivity index (χ1) is 20.1. The van der Waals surface area contributed by atoms with Gasteiger partial charge in [-0.25, -0.2) is 5.01 Å². The third-order valence-corrected chi connectivity index (χ3v) is 8.52. The quantitative estimate of drug-likeness (QED) is 0.175. The Morgan fingerprint density at radius 1 is 0.585 bits per heavy atom. The maximum Gasteiger partial charge on any atom is 0.0490 e. The van der Waals surface area contributed by atoms with Gasteiger partial charge in [-0.05, 0) is 98.6 Å². The Morgan fingerprint density at radius 3 is 1.73 bits per heavy atom. The minimum atomic E-state index is 0.283. The molecule has 0 aliphatic heterocycles. The van der Waals surface area contributed by atoms with Gasteiger partial charge in [-0.2, -0.15) is 0 Å². The molecule has 2 heteroatoms. The monoisotopic (exact) mass is 534 g/mol. The summed E-state index contributed by atoms with van der Waals surface area (Å²) < 4.78 is 0. The molecule has 0 unspecified atom stereocenters. The van der Waals surface area contributed by atoms with E-state index in [1.807, 2.05) is 18.2 Å². The topological polar surface area (TPSA) is 15.3 Å². The molecule has 7 rings (SSSR count). The minimum absolute atomic E-state index is 0.283. The highest BCUT2D eigenvalue weighted by Gasteiger charge is 2.31. The van der Waals surface area contributed by atoms with E-state index in [-0.39, 0.29) is 5.92 Å². The van der Waals surface area contributed by atoms with Crippen LogP contribution < -0.4 is 5.43 Å². The van der Waals surface area contributed by atoms with Crippen molar-refractivity contribution in [3.05, 3.63) is 149 Å². The number of benzene rings is 6. The van der Waals surface area contributed by atoms with Crippen molar-refractivity contribution >= 4 is 27.2 Å². The molecular formula is C39H38N2. The highest BCUT2D eigenvalue weighted by atomic mass is 15.5. The van der Waals surface area contributed by atoms with Crippen molar-refractivity contribution in [1.29, 1.82) is 0 Å². The molecule has 204 valence electrons. The molecule has 2 nitrogen and oxygen atoms in total. The normalized spacial score (nSPS) is 12.2. The van der Waals surface area contributed by atoms with Gasteiger partial charge in [0.25, 0.3) is 0 Å². The zero-order valence-electron chi connectivity index (χ0n) is 24.5. The van der Waals surface area contributed by atoms with Crippen LogP contribution in [0.25, 0.3) is 32.7 Å². The molecule has 0 saturated carbocycles. The molecule has 1 aliphatic rings. The molecule has 0 bridgehead atoms. The van der Waals surface area contributed by atoms with Crippen molar-refractivity contribution in [2.75, 3.05) is 18.5 Å². The standard InChI is InChI=1S/C29H22.C10H16N2/c1-18-15-22-16-20-9-3-4-10-21(20)17-27(22)28(19(18)2)29-25-13-7-5-11-23(25)24-12-6-8-14-26(24)29;1-3-12(4-2)11-10-8-6-5-7-9-10/h3-17,29H,1-2H3;5-9,11H,3-4H2,1-2H3. The van der Waals surface area contributed by atoms with E-state index in [2.05, 4.69) is 141 Å². The van der Waals surface area contributed by atoms with Gasteiger partial charge in [0.05, 0.1) is 0 Å². The van der Waals surface area contributed by atoms with Crippen molar-refractivity contribution in [1.82, 2.24) is 5.01 Å². The summed E-state index contributed by atoms with van der Waals surface area (Å²) in [5.41, 5.74) is 14.3. The van der Waals surface area contributed by atoms with Crippen molar-refractivity contribution in [3.63, 3.8) is 0 Å². The van der Waals surface area contributed by atoms with Crippen LogP contribution in [-0.2, 0) is 0 Å². The first-order valence-electron chi connectivity index (χ1n) is 14.8. The zero-order chi connectivity index (χ0) is 28.3. The van der Waals surface area contributed by atoms with Gasteiger partial charge in [-0.1, -0.05) is 111 Å². The van der Waals surface area contributed by atoms with Gasteiger partial charge < -0.3 is 5.43 Å². The van der Waals surface area contributed by atoms with Crippen LogP contribution in [0.1, 0.15) is 47.6 Å². The summed E-state index contributed by atoms with van der Waals surface area (Å²) >= 11 is 0. The van der Waals surface area contributed by atoms with Crippen LogP contribution in [0.4, 0.5) is 5.69 Å². The van der Waals surface area contributed by atoms with Crippen LogP contribution >= 0.6 is 0 Å². The van der Waals surface area contributed by atoms with Crippen LogP contribution in [0.15, 0.2) is 121 Å². The number of nitrogens with zero attached hydrogens (tertiary/aromatic N) is 1. The fourth-order valence-electron chi connectivity index (χ4n) is 6.28. The average Bonchev–Trinajstić information content (AvgIpc) is 3.35. The summed E-state index contributed by atoms with van der Waals surface area (Å²) in [4.78, 5) is 0. The van der Waals surface area contributed by atoms with Crippen LogP contribution in [0.2, 0.25) is 0 Å². The van der Waals surface area contributed by atoms with Crippen LogP contribution in [-0.4, -0.2) is 18.1 Å². The SMILES string of the molecule is CCN(CC)Nc1ccccc1.Cc1cc2cc3ccccc3cc2c(C2c3ccccc3-c3ccccc32)c1C. The zero-order valence-corrected chi connectivity index (χ0v) is 24.5. The molecular weight excluding hydrogens is 496 g/mol. The lowest BCUT2D eigenvalue weighted by Crippen LogP contribution is -2.29. The molecule has 0 aromatic heterocycles. The summed E-state index contributed by atoms with van der Waals surface area (Å²) in [6.07, 6.45) is 0. The Hall–Kier alpha value is -4.40. The number of nitrogens with one attached hydrogen (secondary N) is 1. The average molecular weight is 535 g/mol. The van der Waals surface area contributed by atoms with Crippen molar-refractivity contribution in [3.8, 4) is 11.1 Å². The molecule has 0 spiro atoms. The Balaban J connectivity index is 0.000000213. The molecule has 1 aliphatic carbocycles. The van der Waals surface area contributed by atoms with E-state index >= 15 is 0 Å². The van der Waals surface area contributed by atoms with E-state index in [0.29, 0.717) is 0 Å². The van der Waals surface area contributed by atoms with E-state index in [1.165, 1.54) is 60.5 Å². The number of fused-ring (bicyclic) bond motifs is 5. The molecule has 0 atom stereocenters. The van der Waals surface area contributed by atoms with E-state index < -0.39 is 0 Å². The van der Waals surface area contributed by atoms with Crippen LogP contribution in [0.5, 0.6) is 0 Å². The molecule has 0 heterocycles. The maximum atomic E-state index is 3.31. The van der Waals surface area contributed by atoms with Crippen molar-refractivity contribution in [2.24, 2.45) is 0 Å². The van der Waals surface area contributed by atoms with E-state index in [9.17, 15) is 0 Å². The van der Waals surface area contributed by atoms with Gasteiger partial charge in [-0.3, -0.25) is 0 Å². The third-order valence-electron chi connectivity index (χ3n) is 8.52. The first-order valence-corrected chi connectivity index (χ1v) is 14.8. The highest BCUT2D eigenvalue weighted by molar-refractivity contribution is 6.01. The van der Waals surface area contributed by atoms with E-state index in [4.69, 9.17) is 0 Å². The molecule has 6 aromatic rings. The number of anilines is 1. The molecule has 0 radical (unpaired) electrons. The van der Waals surface area contributed by atoms with Gasteiger partial charge >= 0.3 is 0 Å². The smallest absolute Gasteiger partial charge is 0.0490 e. The molecule has 0 amide bonds. The van der Waals surface area contributed by atoms with Crippen LogP contribution in [0.3, 0.4) is 0 Å². The fraction of sp³-hybridized carbons (Fsp3) is 0.179. The fourth-order valence-corrected chi connectivity index (χ4v) is 6.28. The molecule has 0 saturated heterocycles. The number of hydrogen-bond acceptors (Lipinski definition) is 2. The Labute approximate surface area is 244 Å². The van der Waals surface area contributed by atoms with Crippen LogP contribution in [0, 0.1) is 13.8 Å². The predicted molar refractivity (Wildman–Crippen MR) is 177 cm³/mol. The second-order valence-corrected chi connectivity index (χ2v) is 10.9. The number of hydrazine groups is 1. The van der Waals surface area contributed by atoms with Gasteiger partial charge in [0.2, 0.25) is 0 Å². The van der Waals surface area contributed by atoms with Gasteiger partial charge in [-0.15, -0.1) is 0 Å². The lowest BCUT2D eigenvalue weighted by Gasteiger charge is -2.22. The van der Waals surface area contributed by atoms with Crippen molar-refractivity contribution < 1.29 is 0 Å². The summed E-state index contributed by atoms with van der Waals surface area (Å²) in [6.45, 7) is 10.9. The minimum Gasteiger partial charge on any atom is -0.319 e. The lowest BCUT2D eigenvalue weighted by atomic mass is 9.81. The summed E-state index contributed by atoms with van der Waals surface area (Å²) in [5.74, 6) is 0.283. The summed E-state index contributed by atoms with van der Waals surface area (Å²) in [5, 5.41) is 7.49. The second kappa shape index (κ2) is 11.6. The number of para-hydroxylation sites is 1.